The lowest BCUT2D eigenvalue weighted by Gasteiger charge is -2.36. The van der Waals surface area contributed by atoms with Crippen molar-refractivity contribution in [3.63, 3.8) is 0 Å². The molecule has 0 radical (unpaired) electrons. The molecule has 3 aromatic heterocycles. The lowest BCUT2D eigenvalue weighted by atomic mass is 10.1. The normalized spacial score (nSPS) is 14.4. The van der Waals surface area contributed by atoms with Crippen molar-refractivity contribution in [2.24, 2.45) is 0 Å². The van der Waals surface area contributed by atoms with E-state index in [1.54, 1.807) is 10.9 Å². The van der Waals surface area contributed by atoms with E-state index in [1.807, 2.05) is 57.3 Å². The van der Waals surface area contributed by atoms with Crippen molar-refractivity contribution in [2.45, 2.75) is 96.8 Å². The van der Waals surface area contributed by atoms with Crippen molar-refractivity contribution in [3.8, 4) is 17.2 Å². The van der Waals surface area contributed by atoms with Crippen molar-refractivity contribution >= 4 is 30.2 Å². The Morgan fingerprint density at radius 2 is 1.80 bits per heavy atom. The van der Waals surface area contributed by atoms with Crippen molar-refractivity contribution in [1.29, 1.82) is 0 Å². The SMILES string of the molecule is CCC[C@H](N[S@](=O)C(C)(C)C)c1cccc(-c2ccc3cnn(-c4nccc(CO[Si](C)(C)C(C)(C)C)n4)c3c2)n1. The molecule has 0 aliphatic carbocycles. The van der Waals surface area contributed by atoms with E-state index in [9.17, 15) is 4.21 Å². The van der Waals surface area contributed by atoms with Crippen LogP contribution < -0.4 is 4.72 Å². The van der Waals surface area contributed by atoms with Gasteiger partial charge in [-0.15, -0.1) is 0 Å². The van der Waals surface area contributed by atoms with Crippen LogP contribution in [0.15, 0.2) is 54.9 Å². The Morgan fingerprint density at radius 1 is 1.05 bits per heavy atom. The Hall–Kier alpha value is -2.79. The predicted octanol–water partition coefficient (Wildman–Crippen LogP) is 7.29. The molecule has 0 unspecified atom stereocenters. The summed E-state index contributed by atoms with van der Waals surface area (Å²) >= 11 is 0. The molecule has 0 saturated heterocycles. The first-order chi connectivity index (χ1) is 19.2. The van der Waals surface area contributed by atoms with Crippen LogP contribution in [0.5, 0.6) is 0 Å². The quantitative estimate of drug-likeness (QED) is 0.194. The molecule has 0 saturated carbocycles. The van der Waals surface area contributed by atoms with E-state index in [4.69, 9.17) is 14.4 Å². The minimum atomic E-state index is -1.91. The summed E-state index contributed by atoms with van der Waals surface area (Å²) in [5.74, 6) is 0.507. The van der Waals surface area contributed by atoms with Crippen LogP contribution in [0.3, 0.4) is 0 Å². The summed E-state index contributed by atoms with van der Waals surface area (Å²) in [6.45, 7) is 19.7. The van der Waals surface area contributed by atoms with E-state index >= 15 is 0 Å². The Kier molecular flexibility index (Phi) is 9.28. The first kappa shape index (κ1) is 31.1. The minimum absolute atomic E-state index is 0.0982. The first-order valence-corrected chi connectivity index (χ1v) is 18.3. The van der Waals surface area contributed by atoms with Crippen LogP contribution in [0.4, 0.5) is 0 Å². The average molecular weight is 593 g/mol. The molecule has 10 heteroatoms. The van der Waals surface area contributed by atoms with Gasteiger partial charge < -0.3 is 4.43 Å². The maximum atomic E-state index is 12.9. The second-order valence-electron chi connectivity index (χ2n) is 13.0. The van der Waals surface area contributed by atoms with Crippen LogP contribution in [0.2, 0.25) is 18.1 Å². The molecule has 2 atom stereocenters. The van der Waals surface area contributed by atoms with Gasteiger partial charge in [-0.1, -0.05) is 52.3 Å². The van der Waals surface area contributed by atoms with Crippen LogP contribution in [0.1, 0.15) is 78.7 Å². The summed E-state index contributed by atoms with van der Waals surface area (Å²) in [6.07, 6.45) is 5.39. The fourth-order valence-corrected chi connectivity index (χ4v) is 5.84. The third-order valence-electron chi connectivity index (χ3n) is 7.65. The summed E-state index contributed by atoms with van der Waals surface area (Å²) in [6, 6.07) is 14.0. The molecule has 0 spiro atoms. The zero-order chi connectivity index (χ0) is 30.0. The molecule has 8 nitrogen and oxygen atoms in total. The summed E-state index contributed by atoms with van der Waals surface area (Å²) < 4.78 is 24.0. The van der Waals surface area contributed by atoms with E-state index in [0.29, 0.717) is 12.6 Å². The second kappa shape index (κ2) is 12.2. The van der Waals surface area contributed by atoms with Gasteiger partial charge in [0, 0.05) is 17.1 Å². The van der Waals surface area contributed by atoms with Gasteiger partial charge in [-0.2, -0.15) is 9.78 Å². The standard InChI is InChI=1S/C31H44N6O2SSi/c1-10-12-27(36-40(38)30(2,3)4)26-14-11-13-25(35-26)22-15-16-23-20-33-37(28(23)19-22)29-32-18-17-24(34-29)21-39-41(8,9)31(5,6)7/h11,13-20,27,36H,10,12,21H2,1-9H3/t27-,40+/m0/s1. The highest BCUT2D eigenvalue weighted by Gasteiger charge is 2.37. The number of rotatable bonds is 10. The van der Waals surface area contributed by atoms with Gasteiger partial charge in [-0.3, -0.25) is 4.98 Å². The minimum Gasteiger partial charge on any atom is -0.411 e. The lowest BCUT2D eigenvalue weighted by molar-refractivity contribution is 0.271. The molecule has 1 N–H and O–H groups in total. The summed E-state index contributed by atoms with van der Waals surface area (Å²) in [4.78, 5) is 14.3. The average Bonchev–Trinajstić information content (AvgIpc) is 3.34. The Balaban J connectivity index is 1.64. The van der Waals surface area contributed by atoms with Crippen LogP contribution in [0.25, 0.3) is 28.1 Å². The van der Waals surface area contributed by atoms with Crippen LogP contribution in [0, 0.1) is 0 Å². The van der Waals surface area contributed by atoms with E-state index < -0.39 is 19.3 Å². The van der Waals surface area contributed by atoms with Gasteiger partial charge in [0.15, 0.2) is 8.32 Å². The van der Waals surface area contributed by atoms with Gasteiger partial charge >= 0.3 is 0 Å². The molecular formula is C31H44N6O2SSi. The number of nitrogens with zero attached hydrogens (tertiary/aromatic N) is 5. The van der Waals surface area contributed by atoms with Gasteiger partial charge in [0.05, 0.1) is 57.2 Å². The molecule has 4 aromatic rings. The highest BCUT2D eigenvalue weighted by molar-refractivity contribution is 7.84. The molecule has 1 aromatic carbocycles. The van der Waals surface area contributed by atoms with Crippen LogP contribution in [-0.4, -0.2) is 42.0 Å². The number of aromatic nitrogens is 5. The Bertz CT molecular complexity index is 1520. The highest BCUT2D eigenvalue weighted by atomic mass is 32.2. The maximum absolute atomic E-state index is 12.9. The predicted molar refractivity (Wildman–Crippen MR) is 171 cm³/mol. The molecule has 3 heterocycles. The van der Waals surface area contributed by atoms with Gasteiger partial charge in [-0.05, 0) is 69.6 Å². The third kappa shape index (κ3) is 7.35. The van der Waals surface area contributed by atoms with E-state index in [0.717, 1.165) is 46.4 Å². The second-order valence-corrected chi connectivity index (χ2v) is 19.8. The monoisotopic (exact) mass is 592 g/mol. The maximum Gasteiger partial charge on any atom is 0.251 e. The Labute approximate surface area is 248 Å². The number of nitrogens with one attached hydrogen (secondary N) is 1. The summed E-state index contributed by atoms with van der Waals surface area (Å²) in [5.41, 5.74) is 4.42. The van der Waals surface area contributed by atoms with Crippen LogP contribution in [-0.2, 0) is 22.0 Å². The fraction of sp³-hybridized carbons (Fsp3) is 0.484. The van der Waals surface area contributed by atoms with E-state index in [-0.39, 0.29) is 15.8 Å². The number of hydrogen-bond donors (Lipinski definition) is 1. The number of benzene rings is 1. The van der Waals surface area contributed by atoms with Crippen molar-refractivity contribution < 1.29 is 8.63 Å². The molecule has 4 rings (SSSR count). The largest absolute Gasteiger partial charge is 0.411 e. The molecular weight excluding hydrogens is 549 g/mol. The topological polar surface area (TPSA) is 94.8 Å². The molecule has 0 bridgehead atoms. The van der Waals surface area contributed by atoms with Crippen LogP contribution >= 0.6 is 0 Å². The van der Waals surface area contributed by atoms with E-state index in [1.165, 1.54) is 0 Å². The number of fused-ring (bicyclic) bond motifs is 1. The third-order valence-corrected chi connectivity index (χ3v) is 13.7. The lowest BCUT2D eigenvalue weighted by Crippen LogP contribution is -2.40. The number of hydrogen-bond acceptors (Lipinski definition) is 6. The highest BCUT2D eigenvalue weighted by Crippen LogP contribution is 2.37. The van der Waals surface area contributed by atoms with E-state index in [2.05, 4.69) is 67.7 Å². The zero-order valence-corrected chi connectivity index (χ0v) is 27.7. The van der Waals surface area contributed by atoms with Gasteiger partial charge in [0.2, 0.25) is 0 Å². The molecule has 0 aliphatic rings. The van der Waals surface area contributed by atoms with Crippen molar-refractivity contribution in [1.82, 2.24) is 29.5 Å². The first-order valence-electron chi connectivity index (χ1n) is 14.3. The van der Waals surface area contributed by atoms with Gasteiger partial charge in [0.25, 0.3) is 5.95 Å². The van der Waals surface area contributed by atoms with Crippen molar-refractivity contribution in [3.05, 3.63) is 66.2 Å². The summed E-state index contributed by atoms with van der Waals surface area (Å²) in [5, 5.41) is 5.72. The molecule has 0 amide bonds. The smallest absolute Gasteiger partial charge is 0.251 e. The van der Waals surface area contributed by atoms with Gasteiger partial charge in [0.1, 0.15) is 0 Å². The summed E-state index contributed by atoms with van der Waals surface area (Å²) in [7, 11) is -3.10. The molecule has 0 fully saturated rings. The Morgan fingerprint density at radius 3 is 2.49 bits per heavy atom. The van der Waals surface area contributed by atoms with Crippen molar-refractivity contribution in [2.75, 3.05) is 0 Å². The fourth-order valence-electron chi connectivity index (χ4n) is 4.04. The molecule has 220 valence electrons. The van der Waals surface area contributed by atoms with Gasteiger partial charge in [-0.25, -0.2) is 18.9 Å². The molecule has 41 heavy (non-hydrogen) atoms. The molecule has 0 aliphatic heterocycles. The zero-order valence-electron chi connectivity index (χ0n) is 25.9. The number of pyridine rings is 1.